The zero-order valence-electron chi connectivity index (χ0n) is 9.57. The molecule has 17 heavy (non-hydrogen) atoms. The van der Waals surface area contributed by atoms with Crippen LogP contribution in [0.15, 0.2) is 42.6 Å². The monoisotopic (exact) mass is 227 g/mol. The number of halogens is 1. The Morgan fingerprint density at radius 3 is 2.76 bits per heavy atom. The first kappa shape index (κ1) is 10.5. The van der Waals surface area contributed by atoms with Crippen molar-refractivity contribution in [3.8, 4) is 0 Å². The van der Waals surface area contributed by atoms with Crippen LogP contribution in [0.1, 0.15) is 35.6 Å². The van der Waals surface area contributed by atoms with E-state index in [1.54, 1.807) is 0 Å². The fourth-order valence-corrected chi connectivity index (χ4v) is 2.63. The topological polar surface area (TPSA) is 12.9 Å². The summed E-state index contributed by atoms with van der Waals surface area (Å²) in [5, 5.41) is 0. The maximum absolute atomic E-state index is 12.9. The van der Waals surface area contributed by atoms with Crippen LogP contribution in [-0.2, 0) is 6.42 Å². The normalized spacial score (nSPS) is 18.8. The van der Waals surface area contributed by atoms with Gasteiger partial charge in [-0.2, -0.15) is 0 Å². The summed E-state index contributed by atoms with van der Waals surface area (Å²) in [4.78, 5) is 4.51. The number of benzene rings is 1. The number of hydrogen-bond donors (Lipinski definition) is 0. The highest BCUT2D eigenvalue weighted by molar-refractivity contribution is 5.35. The Bertz CT molecular complexity index is 519. The Morgan fingerprint density at radius 2 is 1.94 bits per heavy atom. The van der Waals surface area contributed by atoms with E-state index in [4.69, 9.17) is 0 Å². The van der Waals surface area contributed by atoms with Crippen molar-refractivity contribution in [3.63, 3.8) is 0 Å². The lowest BCUT2D eigenvalue weighted by atomic mass is 9.82. The van der Waals surface area contributed by atoms with Crippen molar-refractivity contribution in [2.24, 2.45) is 0 Å². The Hall–Kier alpha value is -1.70. The fourth-order valence-electron chi connectivity index (χ4n) is 2.63. The van der Waals surface area contributed by atoms with Crippen molar-refractivity contribution < 1.29 is 4.39 Å². The molecule has 0 radical (unpaired) electrons. The summed E-state index contributed by atoms with van der Waals surface area (Å²) in [6, 6.07) is 11.0. The number of fused-ring (bicyclic) bond motifs is 1. The molecule has 2 aromatic rings. The first-order valence-electron chi connectivity index (χ1n) is 6.04. The molecule has 1 nitrogen and oxygen atoms in total. The second-order valence-electron chi connectivity index (χ2n) is 4.54. The first-order chi connectivity index (χ1) is 8.34. The number of aromatic nitrogens is 1. The SMILES string of the molecule is Fc1ccc(C2CCCc3cccnc32)cc1. The molecule has 3 rings (SSSR count). The van der Waals surface area contributed by atoms with E-state index in [1.807, 2.05) is 24.4 Å². The van der Waals surface area contributed by atoms with Gasteiger partial charge < -0.3 is 0 Å². The fraction of sp³-hybridized carbons (Fsp3) is 0.267. The highest BCUT2D eigenvalue weighted by atomic mass is 19.1. The van der Waals surface area contributed by atoms with Crippen LogP contribution in [0.2, 0.25) is 0 Å². The van der Waals surface area contributed by atoms with Crippen LogP contribution >= 0.6 is 0 Å². The zero-order chi connectivity index (χ0) is 11.7. The molecule has 0 N–H and O–H groups in total. The van der Waals surface area contributed by atoms with Gasteiger partial charge in [0.25, 0.3) is 0 Å². The molecule has 1 atom stereocenters. The summed E-state index contributed by atoms with van der Waals surface area (Å²) < 4.78 is 12.9. The molecule has 1 aromatic carbocycles. The van der Waals surface area contributed by atoms with Crippen molar-refractivity contribution >= 4 is 0 Å². The molecule has 1 heterocycles. The first-order valence-corrected chi connectivity index (χ1v) is 6.04. The third-order valence-electron chi connectivity index (χ3n) is 3.47. The Labute approximate surface area is 100 Å². The van der Waals surface area contributed by atoms with Crippen molar-refractivity contribution in [2.45, 2.75) is 25.2 Å². The number of hydrogen-bond acceptors (Lipinski definition) is 1. The highest BCUT2D eigenvalue weighted by Crippen LogP contribution is 2.34. The van der Waals surface area contributed by atoms with Gasteiger partial charge in [-0.1, -0.05) is 18.2 Å². The molecule has 1 aromatic heterocycles. The van der Waals surface area contributed by atoms with Crippen molar-refractivity contribution in [1.82, 2.24) is 4.98 Å². The van der Waals surface area contributed by atoms with Gasteiger partial charge in [-0.3, -0.25) is 4.98 Å². The largest absolute Gasteiger partial charge is 0.260 e. The Morgan fingerprint density at radius 1 is 1.12 bits per heavy atom. The van der Waals surface area contributed by atoms with E-state index in [1.165, 1.54) is 35.4 Å². The third-order valence-corrected chi connectivity index (χ3v) is 3.47. The third kappa shape index (κ3) is 1.95. The number of pyridine rings is 1. The molecule has 1 aliphatic carbocycles. The lowest BCUT2D eigenvalue weighted by molar-refractivity contribution is 0.593. The summed E-state index contributed by atoms with van der Waals surface area (Å²) in [6.07, 6.45) is 5.25. The lowest BCUT2D eigenvalue weighted by Crippen LogP contribution is -2.12. The van der Waals surface area contributed by atoms with E-state index >= 15 is 0 Å². The van der Waals surface area contributed by atoms with Crippen molar-refractivity contribution in [3.05, 3.63) is 65.2 Å². The average Bonchev–Trinajstić information content (AvgIpc) is 2.39. The predicted molar refractivity (Wildman–Crippen MR) is 65.4 cm³/mol. The zero-order valence-corrected chi connectivity index (χ0v) is 9.57. The Balaban J connectivity index is 2.03. The molecular formula is C15H14FN. The van der Waals surface area contributed by atoms with Gasteiger partial charge in [0.05, 0.1) is 5.69 Å². The van der Waals surface area contributed by atoms with Crippen LogP contribution < -0.4 is 0 Å². The van der Waals surface area contributed by atoms with E-state index in [2.05, 4.69) is 11.1 Å². The van der Waals surface area contributed by atoms with Crippen molar-refractivity contribution in [1.29, 1.82) is 0 Å². The quantitative estimate of drug-likeness (QED) is 0.724. The second kappa shape index (κ2) is 4.28. The average molecular weight is 227 g/mol. The van der Waals surface area contributed by atoms with Gasteiger partial charge in [-0.05, 0) is 48.6 Å². The summed E-state index contributed by atoms with van der Waals surface area (Å²) in [5.74, 6) is 0.159. The standard InChI is InChI=1S/C15H14FN/c16-13-8-6-11(7-9-13)14-5-1-3-12-4-2-10-17-15(12)14/h2,4,6-10,14H,1,3,5H2. The molecule has 0 bridgehead atoms. The summed E-state index contributed by atoms with van der Waals surface area (Å²) in [7, 11) is 0. The molecule has 0 fully saturated rings. The molecular weight excluding hydrogens is 213 g/mol. The van der Waals surface area contributed by atoms with E-state index in [-0.39, 0.29) is 5.82 Å². The molecule has 2 heteroatoms. The predicted octanol–water partition coefficient (Wildman–Crippen LogP) is 3.69. The number of aryl methyl sites for hydroxylation is 1. The van der Waals surface area contributed by atoms with E-state index in [9.17, 15) is 4.39 Å². The summed E-state index contributed by atoms with van der Waals surface area (Å²) >= 11 is 0. The van der Waals surface area contributed by atoms with Gasteiger partial charge in [0.2, 0.25) is 0 Å². The van der Waals surface area contributed by atoms with Crippen LogP contribution in [0.4, 0.5) is 4.39 Å². The van der Waals surface area contributed by atoms with E-state index in [0.717, 1.165) is 12.8 Å². The maximum Gasteiger partial charge on any atom is 0.123 e. The van der Waals surface area contributed by atoms with Gasteiger partial charge in [0.1, 0.15) is 5.82 Å². The van der Waals surface area contributed by atoms with Crippen LogP contribution in [0.3, 0.4) is 0 Å². The van der Waals surface area contributed by atoms with Crippen LogP contribution in [0, 0.1) is 5.82 Å². The summed E-state index contributed by atoms with van der Waals surface area (Å²) in [6.45, 7) is 0. The smallest absolute Gasteiger partial charge is 0.123 e. The number of rotatable bonds is 1. The second-order valence-corrected chi connectivity index (χ2v) is 4.54. The molecule has 0 amide bonds. The van der Waals surface area contributed by atoms with Crippen LogP contribution in [0.25, 0.3) is 0 Å². The molecule has 86 valence electrons. The molecule has 0 aliphatic heterocycles. The molecule has 0 spiro atoms. The maximum atomic E-state index is 12.9. The Kier molecular flexibility index (Phi) is 2.63. The molecule has 1 aliphatic rings. The van der Waals surface area contributed by atoms with Crippen molar-refractivity contribution in [2.75, 3.05) is 0 Å². The molecule has 0 saturated heterocycles. The summed E-state index contributed by atoms with van der Waals surface area (Å²) in [5.41, 5.74) is 3.68. The minimum atomic E-state index is -0.175. The van der Waals surface area contributed by atoms with Gasteiger partial charge in [0.15, 0.2) is 0 Å². The van der Waals surface area contributed by atoms with E-state index < -0.39 is 0 Å². The number of nitrogens with zero attached hydrogens (tertiary/aromatic N) is 1. The van der Waals surface area contributed by atoms with Gasteiger partial charge in [-0.25, -0.2) is 4.39 Å². The lowest BCUT2D eigenvalue weighted by Gasteiger charge is -2.24. The van der Waals surface area contributed by atoms with Crippen LogP contribution in [0.5, 0.6) is 0 Å². The highest BCUT2D eigenvalue weighted by Gasteiger charge is 2.22. The van der Waals surface area contributed by atoms with Gasteiger partial charge >= 0.3 is 0 Å². The minimum Gasteiger partial charge on any atom is -0.260 e. The van der Waals surface area contributed by atoms with Gasteiger partial charge in [-0.15, -0.1) is 0 Å². The molecule has 1 unspecified atom stereocenters. The minimum absolute atomic E-state index is 0.175. The molecule has 0 saturated carbocycles. The van der Waals surface area contributed by atoms with E-state index in [0.29, 0.717) is 5.92 Å². The van der Waals surface area contributed by atoms with Gasteiger partial charge in [0, 0.05) is 12.1 Å². The van der Waals surface area contributed by atoms with Crippen LogP contribution in [-0.4, -0.2) is 4.98 Å².